The number of anilines is 1. The van der Waals surface area contributed by atoms with Gasteiger partial charge < -0.3 is 5.32 Å². The van der Waals surface area contributed by atoms with Crippen molar-refractivity contribution >= 4 is 5.69 Å². The Balaban J connectivity index is 1.59. The van der Waals surface area contributed by atoms with Crippen LogP contribution < -0.4 is 5.32 Å². The van der Waals surface area contributed by atoms with E-state index in [1.54, 1.807) is 0 Å². The number of aromatic nitrogens is 4. The van der Waals surface area contributed by atoms with E-state index in [1.807, 2.05) is 10.9 Å². The number of rotatable bonds is 6. The van der Waals surface area contributed by atoms with Crippen LogP contribution in [0.5, 0.6) is 0 Å². The molecule has 1 aliphatic carbocycles. The van der Waals surface area contributed by atoms with E-state index < -0.39 is 0 Å². The molecule has 0 spiro atoms. The minimum Gasteiger partial charge on any atom is -0.378 e. The molecule has 0 radical (unpaired) electrons. The highest BCUT2D eigenvalue weighted by atomic mass is 15.3. The molecule has 0 aliphatic heterocycles. The predicted octanol–water partition coefficient (Wildman–Crippen LogP) is 3.53. The van der Waals surface area contributed by atoms with Crippen LogP contribution in [-0.4, -0.2) is 19.6 Å². The number of hydrogen-bond donors (Lipinski definition) is 1. The van der Waals surface area contributed by atoms with Gasteiger partial charge in [0.1, 0.15) is 0 Å². The second kappa shape index (κ2) is 6.33. The normalized spacial score (nSPS) is 15.7. The highest BCUT2D eigenvalue weighted by molar-refractivity contribution is 5.45. The fraction of sp³-hybridized carbons (Fsp3) is 0.625. The molecule has 1 fully saturated rings. The number of aryl methyl sites for hydroxylation is 2. The van der Waals surface area contributed by atoms with Crippen molar-refractivity contribution in [2.24, 2.45) is 0 Å². The SMILES string of the molecule is CCCn1cc(NCc2cnn(C3CCCC3)c2)c(C)n1. The largest absolute Gasteiger partial charge is 0.378 e. The van der Waals surface area contributed by atoms with Crippen molar-refractivity contribution in [2.45, 2.75) is 65.1 Å². The van der Waals surface area contributed by atoms with E-state index >= 15 is 0 Å². The molecule has 5 heteroatoms. The van der Waals surface area contributed by atoms with Gasteiger partial charge >= 0.3 is 0 Å². The third-order valence-corrected chi connectivity index (χ3v) is 4.24. The van der Waals surface area contributed by atoms with Gasteiger partial charge in [0.2, 0.25) is 0 Å². The van der Waals surface area contributed by atoms with Crippen molar-refractivity contribution in [3.63, 3.8) is 0 Å². The minimum absolute atomic E-state index is 0.618. The summed E-state index contributed by atoms with van der Waals surface area (Å²) in [6.45, 7) is 6.01. The molecule has 2 heterocycles. The van der Waals surface area contributed by atoms with E-state index in [1.165, 1.54) is 31.2 Å². The molecule has 5 nitrogen and oxygen atoms in total. The standard InChI is InChI=1S/C16H25N5/c1-3-8-20-12-16(13(2)19-20)17-9-14-10-18-21(11-14)15-6-4-5-7-15/h10-12,15,17H,3-9H2,1-2H3. The molecule has 2 aromatic heterocycles. The predicted molar refractivity (Wildman–Crippen MR) is 84.3 cm³/mol. The fourth-order valence-corrected chi connectivity index (χ4v) is 3.07. The van der Waals surface area contributed by atoms with Gasteiger partial charge in [-0.15, -0.1) is 0 Å². The van der Waals surface area contributed by atoms with Crippen molar-refractivity contribution in [1.29, 1.82) is 0 Å². The Hall–Kier alpha value is -1.78. The number of nitrogens with one attached hydrogen (secondary N) is 1. The third-order valence-electron chi connectivity index (χ3n) is 4.24. The van der Waals surface area contributed by atoms with Gasteiger partial charge in [-0.1, -0.05) is 19.8 Å². The first-order chi connectivity index (χ1) is 10.3. The number of hydrogen-bond acceptors (Lipinski definition) is 3. The molecule has 1 N–H and O–H groups in total. The summed E-state index contributed by atoms with van der Waals surface area (Å²) in [5.74, 6) is 0. The van der Waals surface area contributed by atoms with Gasteiger partial charge in [-0.25, -0.2) is 0 Å². The minimum atomic E-state index is 0.618. The Morgan fingerprint density at radius 3 is 2.86 bits per heavy atom. The Bertz CT molecular complexity index is 577. The van der Waals surface area contributed by atoms with Crippen molar-refractivity contribution in [3.05, 3.63) is 29.8 Å². The maximum absolute atomic E-state index is 4.52. The van der Waals surface area contributed by atoms with E-state index in [-0.39, 0.29) is 0 Å². The molecule has 114 valence electrons. The Morgan fingerprint density at radius 1 is 1.29 bits per heavy atom. The Labute approximate surface area is 126 Å². The van der Waals surface area contributed by atoms with Crippen LogP contribution in [0.25, 0.3) is 0 Å². The molecule has 1 aliphatic rings. The second-order valence-corrected chi connectivity index (χ2v) is 6.01. The van der Waals surface area contributed by atoms with Crippen molar-refractivity contribution in [3.8, 4) is 0 Å². The van der Waals surface area contributed by atoms with Crippen LogP contribution in [0.4, 0.5) is 5.69 Å². The fourth-order valence-electron chi connectivity index (χ4n) is 3.07. The van der Waals surface area contributed by atoms with Crippen LogP contribution in [0.1, 0.15) is 56.3 Å². The summed E-state index contributed by atoms with van der Waals surface area (Å²) < 4.78 is 4.16. The maximum atomic E-state index is 4.52. The zero-order valence-electron chi connectivity index (χ0n) is 13.0. The lowest BCUT2D eigenvalue weighted by Gasteiger charge is -2.08. The summed E-state index contributed by atoms with van der Waals surface area (Å²) in [6, 6.07) is 0.618. The zero-order valence-corrected chi connectivity index (χ0v) is 13.0. The molecular formula is C16H25N5. The first kappa shape index (κ1) is 14.2. The van der Waals surface area contributed by atoms with Gasteiger partial charge in [-0.2, -0.15) is 10.2 Å². The van der Waals surface area contributed by atoms with Crippen LogP contribution >= 0.6 is 0 Å². The molecule has 0 unspecified atom stereocenters. The van der Waals surface area contributed by atoms with E-state index in [9.17, 15) is 0 Å². The molecule has 0 atom stereocenters. The summed E-state index contributed by atoms with van der Waals surface area (Å²) in [7, 11) is 0. The molecule has 2 aromatic rings. The topological polar surface area (TPSA) is 47.7 Å². The van der Waals surface area contributed by atoms with Crippen LogP contribution in [0.3, 0.4) is 0 Å². The zero-order chi connectivity index (χ0) is 14.7. The van der Waals surface area contributed by atoms with Crippen molar-refractivity contribution < 1.29 is 0 Å². The summed E-state index contributed by atoms with van der Waals surface area (Å²) in [5, 5.41) is 12.5. The number of nitrogens with zero attached hydrogens (tertiary/aromatic N) is 4. The maximum Gasteiger partial charge on any atom is 0.0825 e. The van der Waals surface area contributed by atoms with Gasteiger partial charge in [-0.3, -0.25) is 9.36 Å². The highest BCUT2D eigenvalue weighted by Gasteiger charge is 2.17. The lowest BCUT2D eigenvalue weighted by Crippen LogP contribution is -2.04. The quantitative estimate of drug-likeness (QED) is 0.884. The summed E-state index contributed by atoms with van der Waals surface area (Å²) in [6.07, 6.45) is 12.6. The molecular weight excluding hydrogens is 262 g/mol. The average Bonchev–Trinajstić information content (AvgIpc) is 3.17. The van der Waals surface area contributed by atoms with E-state index in [2.05, 4.69) is 46.4 Å². The smallest absolute Gasteiger partial charge is 0.0825 e. The van der Waals surface area contributed by atoms with Crippen molar-refractivity contribution in [2.75, 3.05) is 5.32 Å². The molecule has 21 heavy (non-hydrogen) atoms. The first-order valence-electron chi connectivity index (χ1n) is 8.07. The average molecular weight is 287 g/mol. The monoisotopic (exact) mass is 287 g/mol. The molecule has 0 bridgehead atoms. The Kier molecular flexibility index (Phi) is 4.27. The summed E-state index contributed by atoms with van der Waals surface area (Å²) in [4.78, 5) is 0. The molecule has 3 rings (SSSR count). The van der Waals surface area contributed by atoms with Gasteiger partial charge in [0, 0.05) is 31.0 Å². The van der Waals surface area contributed by atoms with Crippen LogP contribution in [0, 0.1) is 6.92 Å². The van der Waals surface area contributed by atoms with E-state index in [0.29, 0.717) is 6.04 Å². The second-order valence-electron chi connectivity index (χ2n) is 6.01. The summed E-state index contributed by atoms with van der Waals surface area (Å²) in [5.41, 5.74) is 3.42. The van der Waals surface area contributed by atoms with E-state index in [0.717, 1.165) is 30.9 Å². The summed E-state index contributed by atoms with van der Waals surface area (Å²) >= 11 is 0. The molecule has 0 amide bonds. The highest BCUT2D eigenvalue weighted by Crippen LogP contribution is 2.28. The van der Waals surface area contributed by atoms with Crippen LogP contribution in [0.15, 0.2) is 18.6 Å². The van der Waals surface area contributed by atoms with Gasteiger partial charge in [0.15, 0.2) is 0 Å². The van der Waals surface area contributed by atoms with Crippen LogP contribution in [0.2, 0.25) is 0 Å². The first-order valence-corrected chi connectivity index (χ1v) is 8.07. The molecule has 0 saturated heterocycles. The van der Waals surface area contributed by atoms with Gasteiger partial charge in [0.05, 0.1) is 23.6 Å². The van der Waals surface area contributed by atoms with Gasteiger partial charge in [0.25, 0.3) is 0 Å². The molecule has 1 saturated carbocycles. The lowest BCUT2D eigenvalue weighted by molar-refractivity contribution is 0.466. The third kappa shape index (κ3) is 3.28. The van der Waals surface area contributed by atoms with Gasteiger partial charge in [-0.05, 0) is 26.2 Å². The lowest BCUT2D eigenvalue weighted by atomic mass is 10.2. The van der Waals surface area contributed by atoms with Crippen LogP contribution in [-0.2, 0) is 13.1 Å². The molecule has 0 aromatic carbocycles. The Morgan fingerprint density at radius 2 is 2.10 bits per heavy atom. The van der Waals surface area contributed by atoms with Crippen molar-refractivity contribution in [1.82, 2.24) is 19.6 Å². The van der Waals surface area contributed by atoms with E-state index in [4.69, 9.17) is 0 Å².